The van der Waals surface area contributed by atoms with E-state index in [2.05, 4.69) is 5.43 Å². The number of hydrogen-bond donors (Lipinski definition) is 2. The summed E-state index contributed by atoms with van der Waals surface area (Å²) < 4.78 is 10.6. The molecule has 1 aromatic rings. The van der Waals surface area contributed by atoms with Gasteiger partial charge in [0.05, 0.1) is 7.11 Å². The molecule has 0 radical (unpaired) electrons. The van der Waals surface area contributed by atoms with Gasteiger partial charge in [-0.2, -0.15) is 0 Å². The van der Waals surface area contributed by atoms with Crippen LogP contribution in [0.5, 0.6) is 11.5 Å². The molecule has 5 heteroatoms. The number of methoxy groups -OCH3 is 1. The SMILES string of the molecule is COc1ccc(OC(C(=O)NN)C(C)C)cc1. The Bertz CT molecular complexity index is 363. The monoisotopic (exact) mass is 238 g/mol. The van der Waals surface area contributed by atoms with Crippen LogP contribution in [0.3, 0.4) is 0 Å². The van der Waals surface area contributed by atoms with Crippen molar-refractivity contribution in [3.05, 3.63) is 24.3 Å². The van der Waals surface area contributed by atoms with Gasteiger partial charge in [0, 0.05) is 0 Å². The maximum Gasteiger partial charge on any atom is 0.275 e. The first-order valence-electron chi connectivity index (χ1n) is 5.39. The standard InChI is InChI=1S/C12H18N2O3/c1-8(2)11(12(15)14-13)17-10-6-4-9(16-3)5-7-10/h4-8,11H,13H2,1-3H3,(H,14,15). The predicted molar refractivity (Wildman–Crippen MR) is 64.6 cm³/mol. The number of nitrogens with two attached hydrogens (primary N) is 1. The second kappa shape index (κ2) is 6.10. The second-order valence-electron chi connectivity index (χ2n) is 3.97. The molecule has 0 heterocycles. The Morgan fingerprint density at radius 3 is 2.18 bits per heavy atom. The first-order valence-corrected chi connectivity index (χ1v) is 5.39. The Labute approximate surface area is 101 Å². The van der Waals surface area contributed by atoms with Crippen LogP contribution in [0.1, 0.15) is 13.8 Å². The van der Waals surface area contributed by atoms with Crippen LogP contribution in [0.25, 0.3) is 0 Å². The minimum atomic E-state index is -0.603. The van der Waals surface area contributed by atoms with E-state index in [-0.39, 0.29) is 11.8 Å². The van der Waals surface area contributed by atoms with Crippen molar-refractivity contribution in [3.63, 3.8) is 0 Å². The minimum absolute atomic E-state index is 0.0284. The summed E-state index contributed by atoms with van der Waals surface area (Å²) >= 11 is 0. The molecule has 0 fully saturated rings. The van der Waals surface area contributed by atoms with Gasteiger partial charge in [0.25, 0.3) is 5.91 Å². The van der Waals surface area contributed by atoms with Gasteiger partial charge in [-0.3, -0.25) is 10.2 Å². The quantitative estimate of drug-likeness (QED) is 0.457. The van der Waals surface area contributed by atoms with Crippen LogP contribution < -0.4 is 20.7 Å². The van der Waals surface area contributed by atoms with E-state index in [1.54, 1.807) is 31.4 Å². The highest BCUT2D eigenvalue weighted by atomic mass is 16.5. The number of carbonyl (C=O) groups is 1. The van der Waals surface area contributed by atoms with Crippen molar-refractivity contribution in [3.8, 4) is 11.5 Å². The maximum atomic E-state index is 11.5. The molecule has 1 unspecified atom stereocenters. The van der Waals surface area contributed by atoms with Crippen LogP contribution >= 0.6 is 0 Å². The van der Waals surface area contributed by atoms with Gasteiger partial charge in [-0.1, -0.05) is 13.8 Å². The average molecular weight is 238 g/mol. The lowest BCUT2D eigenvalue weighted by Crippen LogP contribution is -2.44. The molecule has 0 aliphatic rings. The van der Waals surface area contributed by atoms with E-state index in [0.717, 1.165) is 5.75 Å². The smallest absolute Gasteiger partial charge is 0.275 e. The van der Waals surface area contributed by atoms with Crippen molar-refractivity contribution in [1.82, 2.24) is 5.43 Å². The fourth-order valence-corrected chi connectivity index (χ4v) is 1.38. The topological polar surface area (TPSA) is 73.6 Å². The third kappa shape index (κ3) is 3.64. The molecule has 1 atom stereocenters. The number of hydrogen-bond acceptors (Lipinski definition) is 4. The zero-order valence-electron chi connectivity index (χ0n) is 10.3. The van der Waals surface area contributed by atoms with Crippen LogP contribution in [-0.2, 0) is 4.79 Å². The summed E-state index contributed by atoms with van der Waals surface area (Å²) in [4.78, 5) is 11.5. The van der Waals surface area contributed by atoms with E-state index >= 15 is 0 Å². The van der Waals surface area contributed by atoms with Crippen molar-refractivity contribution in [2.24, 2.45) is 11.8 Å². The third-order valence-electron chi connectivity index (χ3n) is 2.33. The van der Waals surface area contributed by atoms with Gasteiger partial charge in [-0.05, 0) is 30.2 Å². The molecular weight excluding hydrogens is 220 g/mol. The fraction of sp³-hybridized carbons (Fsp3) is 0.417. The highest BCUT2D eigenvalue weighted by Gasteiger charge is 2.23. The van der Waals surface area contributed by atoms with Gasteiger partial charge >= 0.3 is 0 Å². The van der Waals surface area contributed by atoms with Gasteiger partial charge in [-0.15, -0.1) is 0 Å². The molecule has 17 heavy (non-hydrogen) atoms. The van der Waals surface area contributed by atoms with Gasteiger partial charge in [0.15, 0.2) is 6.10 Å². The molecule has 0 spiro atoms. The highest BCUT2D eigenvalue weighted by Crippen LogP contribution is 2.20. The van der Waals surface area contributed by atoms with E-state index in [4.69, 9.17) is 15.3 Å². The van der Waals surface area contributed by atoms with Crippen molar-refractivity contribution in [2.75, 3.05) is 7.11 Å². The number of ether oxygens (including phenoxy) is 2. The lowest BCUT2D eigenvalue weighted by molar-refractivity contribution is -0.129. The molecule has 0 bridgehead atoms. The van der Waals surface area contributed by atoms with Gasteiger partial charge < -0.3 is 9.47 Å². The Morgan fingerprint density at radius 1 is 1.24 bits per heavy atom. The molecule has 94 valence electrons. The van der Waals surface area contributed by atoms with E-state index in [0.29, 0.717) is 5.75 Å². The van der Waals surface area contributed by atoms with Gasteiger partial charge in [-0.25, -0.2) is 5.84 Å². The molecule has 0 saturated carbocycles. The Morgan fingerprint density at radius 2 is 1.76 bits per heavy atom. The number of hydrazine groups is 1. The summed E-state index contributed by atoms with van der Waals surface area (Å²) in [6.45, 7) is 3.78. The molecular formula is C12H18N2O3. The second-order valence-corrected chi connectivity index (χ2v) is 3.97. The molecule has 0 aliphatic carbocycles. The lowest BCUT2D eigenvalue weighted by Gasteiger charge is -2.20. The normalized spacial score (nSPS) is 12.1. The lowest BCUT2D eigenvalue weighted by atomic mass is 10.1. The van der Waals surface area contributed by atoms with Crippen molar-refractivity contribution >= 4 is 5.91 Å². The summed E-state index contributed by atoms with van der Waals surface area (Å²) in [6.07, 6.45) is -0.603. The average Bonchev–Trinajstić information content (AvgIpc) is 2.35. The van der Waals surface area contributed by atoms with Crippen LogP contribution in [-0.4, -0.2) is 19.1 Å². The first-order chi connectivity index (χ1) is 8.08. The molecule has 3 N–H and O–H groups in total. The van der Waals surface area contributed by atoms with Crippen LogP contribution in [0.4, 0.5) is 0 Å². The third-order valence-corrected chi connectivity index (χ3v) is 2.33. The van der Waals surface area contributed by atoms with Crippen LogP contribution in [0.2, 0.25) is 0 Å². The summed E-state index contributed by atoms with van der Waals surface area (Å²) in [7, 11) is 1.59. The number of carbonyl (C=O) groups excluding carboxylic acids is 1. The van der Waals surface area contributed by atoms with Crippen molar-refractivity contribution in [2.45, 2.75) is 20.0 Å². The first kappa shape index (κ1) is 13.3. The van der Waals surface area contributed by atoms with E-state index in [1.165, 1.54) is 0 Å². The number of amides is 1. The Hall–Kier alpha value is -1.75. The van der Waals surface area contributed by atoms with Crippen LogP contribution in [0, 0.1) is 5.92 Å². The molecule has 0 aromatic heterocycles. The highest BCUT2D eigenvalue weighted by molar-refractivity contribution is 5.80. The van der Waals surface area contributed by atoms with Crippen molar-refractivity contribution in [1.29, 1.82) is 0 Å². The van der Waals surface area contributed by atoms with E-state index in [9.17, 15) is 4.79 Å². The maximum absolute atomic E-state index is 11.5. The summed E-state index contributed by atoms with van der Waals surface area (Å²) in [6, 6.07) is 7.04. The number of rotatable bonds is 5. The minimum Gasteiger partial charge on any atom is -0.497 e. The molecule has 1 aromatic carbocycles. The Balaban J connectivity index is 2.75. The number of nitrogens with one attached hydrogen (secondary N) is 1. The van der Waals surface area contributed by atoms with Gasteiger partial charge in [0.2, 0.25) is 0 Å². The van der Waals surface area contributed by atoms with Gasteiger partial charge in [0.1, 0.15) is 11.5 Å². The zero-order chi connectivity index (χ0) is 12.8. The van der Waals surface area contributed by atoms with Crippen LogP contribution in [0.15, 0.2) is 24.3 Å². The summed E-state index contributed by atoms with van der Waals surface area (Å²) in [5.74, 6) is 6.14. The molecule has 5 nitrogen and oxygen atoms in total. The molecule has 1 amide bonds. The summed E-state index contributed by atoms with van der Waals surface area (Å²) in [5.41, 5.74) is 2.10. The van der Waals surface area contributed by atoms with E-state index < -0.39 is 6.10 Å². The zero-order valence-corrected chi connectivity index (χ0v) is 10.3. The van der Waals surface area contributed by atoms with Crippen molar-refractivity contribution < 1.29 is 14.3 Å². The Kier molecular flexibility index (Phi) is 4.78. The fourth-order valence-electron chi connectivity index (χ4n) is 1.38. The summed E-state index contributed by atoms with van der Waals surface area (Å²) in [5, 5.41) is 0. The molecule has 1 rings (SSSR count). The largest absolute Gasteiger partial charge is 0.497 e. The molecule has 0 saturated heterocycles. The molecule has 0 aliphatic heterocycles. The van der Waals surface area contributed by atoms with E-state index in [1.807, 2.05) is 13.8 Å². The number of benzene rings is 1. The predicted octanol–water partition coefficient (Wildman–Crippen LogP) is 1.09.